The Morgan fingerprint density at radius 2 is 2.00 bits per heavy atom. The Balaban J connectivity index is 2.43. The predicted molar refractivity (Wildman–Crippen MR) is 70.7 cm³/mol. The van der Waals surface area contributed by atoms with E-state index in [-0.39, 0.29) is 12.6 Å². The van der Waals surface area contributed by atoms with Crippen molar-refractivity contribution in [3.63, 3.8) is 0 Å². The molecule has 0 N–H and O–H groups in total. The molecule has 1 aliphatic heterocycles. The van der Waals surface area contributed by atoms with Crippen LogP contribution in [-0.2, 0) is 13.8 Å². The summed E-state index contributed by atoms with van der Waals surface area (Å²) in [5, 5.41) is 0. The molecular formula is C12H12ClF2NO4S. The third-order valence-electron chi connectivity index (χ3n) is 3.28. The van der Waals surface area contributed by atoms with Crippen LogP contribution in [0.1, 0.15) is 16.8 Å². The maximum Gasteiger partial charge on any atom is 0.262 e. The molecule has 1 aliphatic rings. The Morgan fingerprint density at radius 3 is 2.52 bits per heavy atom. The molecule has 1 fully saturated rings. The zero-order chi connectivity index (χ0) is 15.8. The van der Waals surface area contributed by atoms with Gasteiger partial charge in [-0.25, -0.2) is 17.2 Å². The number of rotatable bonds is 3. The maximum absolute atomic E-state index is 13.3. The number of ether oxygens (including phenoxy) is 1. The van der Waals surface area contributed by atoms with E-state index in [1.54, 1.807) is 0 Å². The number of halogens is 3. The first-order valence-electron chi connectivity index (χ1n) is 6.00. The van der Waals surface area contributed by atoms with Crippen molar-refractivity contribution in [1.29, 1.82) is 0 Å². The number of nitrogens with zero attached hydrogens (tertiary/aromatic N) is 1. The van der Waals surface area contributed by atoms with Gasteiger partial charge in [0.2, 0.25) is 0 Å². The van der Waals surface area contributed by atoms with Gasteiger partial charge in [0.05, 0.1) is 16.6 Å². The molecule has 21 heavy (non-hydrogen) atoms. The highest BCUT2D eigenvalue weighted by molar-refractivity contribution is 8.13. The van der Waals surface area contributed by atoms with Gasteiger partial charge in [-0.3, -0.25) is 4.79 Å². The average molecular weight is 340 g/mol. The minimum Gasteiger partial charge on any atom is -0.380 e. The van der Waals surface area contributed by atoms with E-state index in [1.165, 1.54) is 12.0 Å². The van der Waals surface area contributed by atoms with E-state index >= 15 is 0 Å². The number of amides is 1. The molecule has 9 heteroatoms. The van der Waals surface area contributed by atoms with Gasteiger partial charge < -0.3 is 9.64 Å². The van der Waals surface area contributed by atoms with Gasteiger partial charge in [0.15, 0.2) is 11.6 Å². The Morgan fingerprint density at radius 1 is 1.38 bits per heavy atom. The first kappa shape index (κ1) is 16.1. The Bertz CT molecular complexity index is 680. The molecule has 1 atom stereocenters. The number of likely N-dealkylation sites (tertiary alicyclic amines) is 1. The molecule has 5 nitrogen and oxygen atoms in total. The molecule has 0 radical (unpaired) electrons. The summed E-state index contributed by atoms with van der Waals surface area (Å²) in [5.41, 5.74) is -0.486. The van der Waals surface area contributed by atoms with Crippen molar-refractivity contribution in [3.8, 4) is 0 Å². The zero-order valence-corrected chi connectivity index (χ0v) is 12.5. The molecule has 1 aromatic rings. The van der Waals surface area contributed by atoms with Crippen molar-refractivity contribution in [2.24, 2.45) is 0 Å². The Kier molecular flexibility index (Phi) is 4.50. The van der Waals surface area contributed by atoms with Gasteiger partial charge in [-0.15, -0.1) is 0 Å². The van der Waals surface area contributed by atoms with Crippen LogP contribution in [0.15, 0.2) is 17.0 Å². The van der Waals surface area contributed by atoms with Crippen LogP contribution < -0.4 is 0 Å². The summed E-state index contributed by atoms with van der Waals surface area (Å²) in [6, 6.07) is 0.960. The molecule has 1 unspecified atom stereocenters. The highest BCUT2D eigenvalue weighted by atomic mass is 35.7. The predicted octanol–water partition coefficient (Wildman–Crippen LogP) is 1.75. The minimum atomic E-state index is -4.38. The quantitative estimate of drug-likeness (QED) is 0.787. The van der Waals surface area contributed by atoms with Gasteiger partial charge in [-0.2, -0.15) is 0 Å². The van der Waals surface area contributed by atoms with E-state index in [2.05, 4.69) is 0 Å². The summed E-state index contributed by atoms with van der Waals surface area (Å²) in [6.07, 6.45) is 0.407. The topological polar surface area (TPSA) is 63.7 Å². The zero-order valence-electron chi connectivity index (χ0n) is 11.0. The summed E-state index contributed by atoms with van der Waals surface area (Å²) < 4.78 is 54.5. The molecule has 0 aromatic heterocycles. The Hall–Kier alpha value is -1.25. The monoisotopic (exact) mass is 339 g/mol. The molecule has 0 bridgehead atoms. The lowest BCUT2D eigenvalue weighted by atomic mass is 10.2. The maximum atomic E-state index is 13.3. The lowest BCUT2D eigenvalue weighted by molar-refractivity contribution is 0.0720. The van der Waals surface area contributed by atoms with Crippen molar-refractivity contribution >= 4 is 25.6 Å². The fourth-order valence-corrected chi connectivity index (χ4v) is 3.21. The second kappa shape index (κ2) is 5.86. The van der Waals surface area contributed by atoms with Crippen molar-refractivity contribution < 1.29 is 26.7 Å². The molecule has 0 spiro atoms. The summed E-state index contributed by atoms with van der Waals surface area (Å²) in [7, 11) is 2.29. The van der Waals surface area contributed by atoms with Crippen molar-refractivity contribution in [2.45, 2.75) is 17.4 Å². The molecule has 1 amide bonds. The van der Waals surface area contributed by atoms with Crippen LogP contribution >= 0.6 is 10.7 Å². The van der Waals surface area contributed by atoms with E-state index in [0.29, 0.717) is 25.1 Å². The van der Waals surface area contributed by atoms with Crippen LogP contribution in [0, 0.1) is 11.6 Å². The van der Waals surface area contributed by atoms with E-state index in [9.17, 15) is 22.0 Å². The number of methoxy groups -OCH3 is 1. The number of carbonyl (C=O) groups is 1. The molecule has 0 saturated carbocycles. The van der Waals surface area contributed by atoms with Crippen molar-refractivity contribution in [3.05, 3.63) is 29.3 Å². The first-order chi connectivity index (χ1) is 9.74. The van der Waals surface area contributed by atoms with Gasteiger partial charge in [-0.1, -0.05) is 0 Å². The normalized spacial score (nSPS) is 19.0. The largest absolute Gasteiger partial charge is 0.380 e. The molecule has 2 rings (SSSR count). The van der Waals surface area contributed by atoms with E-state index in [4.69, 9.17) is 15.4 Å². The van der Waals surface area contributed by atoms with Gasteiger partial charge in [0.1, 0.15) is 0 Å². The van der Waals surface area contributed by atoms with Crippen LogP contribution in [0.2, 0.25) is 0 Å². The van der Waals surface area contributed by atoms with E-state index in [1.807, 2.05) is 0 Å². The van der Waals surface area contributed by atoms with Crippen molar-refractivity contribution in [1.82, 2.24) is 4.90 Å². The van der Waals surface area contributed by atoms with E-state index in [0.717, 1.165) is 0 Å². The summed E-state index contributed by atoms with van der Waals surface area (Å²) >= 11 is 0. The van der Waals surface area contributed by atoms with Gasteiger partial charge in [0.25, 0.3) is 15.0 Å². The van der Waals surface area contributed by atoms with Gasteiger partial charge in [-0.05, 0) is 18.6 Å². The molecular weight excluding hydrogens is 328 g/mol. The average Bonchev–Trinajstić information content (AvgIpc) is 2.88. The van der Waals surface area contributed by atoms with Crippen LogP contribution in [0.5, 0.6) is 0 Å². The molecule has 116 valence electrons. The van der Waals surface area contributed by atoms with Crippen LogP contribution in [0.4, 0.5) is 8.78 Å². The number of carbonyl (C=O) groups excluding carboxylic acids is 1. The fraction of sp³-hybridized carbons (Fsp3) is 0.417. The third kappa shape index (κ3) is 3.33. The van der Waals surface area contributed by atoms with Crippen LogP contribution in [0.25, 0.3) is 0 Å². The number of hydrogen-bond acceptors (Lipinski definition) is 4. The Labute approximate surface area is 124 Å². The highest BCUT2D eigenvalue weighted by Crippen LogP contribution is 2.26. The number of benzene rings is 1. The minimum absolute atomic E-state index is 0.171. The van der Waals surface area contributed by atoms with Gasteiger partial charge >= 0.3 is 0 Å². The first-order valence-corrected chi connectivity index (χ1v) is 8.30. The fourth-order valence-electron chi connectivity index (χ4n) is 2.17. The molecule has 0 aliphatic carbocycles. The summed E-state index contributed by atoms with van der Waals surface area (Å²) in [5.74, 6) is -3.43. The van der Waals surface area contributed by atoms with Crippen LogP contribution in [0.3, 0.4) is 0 Å². The SMILES string of the molecule is COC1CCN(C(=O)c2cc(F)c(F)cc2S(=O)(=O)Cl)C1. The second-order valence-corrected chi connectivity index (χ2v) is 7.13. The van der Waals surface area contributed by atoms with E-state index < -0.39 is 37.1 Å². The second-order valence-electron chi connectivity index (χ2n) is 4.60. The smallest absolute Gasteiger partial charge is 0.262 e. The van der Waals surface area contributed by atoms with Gasteiger partial charge in [0, 0.05) is 30.9 Å². The van der Waals surface area contributed by atoms with Crippen molar-refractivity contribution in [2.75, 3.05) is 20.2 Å². The molecule has 1 saturated heterocycles. The molecule has 1 heterocycles. The van der Waals surface area contributed by atoms with Crippen LogP contribution in [-0.4, -0.2) is 45.5 Å². The highest BCUT2D eigenvalue weighted by Gasteiger charge is 2.31. The summed E-state index contributed by atoms with van der Waals surface area (Å²) in [4.78, 5) is 12.9. The summed E-state index contributed by atoms with van der Waals surface area (Å²) in [6.45, 7) is 0.578. The lowest BCUT2D eigenvalue weighted by Crippen LogP contribution is -2.31. The standard InChI is InChI=1S/C12H12ClF2NO4S/c1-20-7-2-3-16(6-7)12(17)8-4-9(14)10(15)5-11(8)21(13,18)19/h4-5,7H,2-3,6H2,1H3. The lowest BCUT2D eigenvalue weighted by Gasteiger charge is -2.17. The third-order valence-corrected chi connectivity index (χ3v) is 4.64. The molecule has 1 aromatic carbocycles. The number of hydrogen-bond donors (Lipinski definition) is 0.